The molecular weight excluding hydrogens is 236 g/mol. The van der Waals surface area contributed by atoms with Crippen LogP contribution in [-0.2, 0) is 10.3 Å². The maximum atomic E-state index is 12.8. The Morgan fingerprint density at radius 3 is 2.69 bits per heavy atom. The standard InChI is InChI=1S/C10H11F2NO2S/c1-15-8(14)7-6(2-3-16-7)9(13)4-10(11,12)5-9/h2-3H,4-5,13H2,1H3. The lowest BCUT2D eigenvalue weighted by Gasteiger charge is -2.44. The SMILES string of the molecule is COC(=O)c1sccc1C1(N)CC(F)(F)C1. The summed E-state index contributed by atoms with van der Waals surface area (Å²) in [5, 5.41) is 1.66. The Kier molecular flexibility index (Phi) is 2.51. The highest BCUT2D eigenvalue weighted by Crippen LogP contribution is 2.51. The van der Waals surface area contributed by atoms with E-state index in [-0.39, 0.29) is 0 Å². The molecule has 0 aromatic carbocycles. The van der Waals surface area contributed by atoms with Gasteiger partial charge < -0.3 is 10.5 Å². The quantitative estimate of drug-likeness (QED) is 0.814. The topological polar surface area (TPSA) is 52.3 Å². The van der Waals surface area contributed by atoms with Gasteiger partial charge in [-0.3, -0.25) is 0 Å². The Morgan fingerprint density at radius 2 is 2.19 bits per heavy atom. The zero-order chi connectivity index (χ0) is 12.0. The molecule has 1 saturated carbocycles. The molecule has 1 aliphatic rings. The molecule has 0 saturated heterocycles. The minimum Gasteiger partial charge on any atom is -0.465 e. The highest BCUT2D eigenvalue weighted by atomic mass is 32.1. The lowest BCUT2D eigenvalue weighted by molar-refractivity contribution is -0.125. The summed E-state index contributed by atoms with van der Waals surface area (Å²) in [4.78, 5) is 11.7. The minimum absolute atomic E-state index is 0.320. The van der Waals surface area contributed by atoms with E-state index in [1.165, 1.54) is 7.11 Å². The van der Waals surface area contributed by atoms with Crippen LogP contribution in [0.25, 0.3) is 0 Å². The van der Waals surface area contributed by atoms with Gasteiger partial charge in [-0.1, -0.05) is 0 Å². The van der Waals surface area contributed by atoms with Crippen molar-refractivity contribution in [2.75, 3.05) is 7.11 Å². The number of nitrogens with two attached hydrogens (primary N) is 1. The third-order valence-corrected chi connectivity index (χ3v) is 3.62. The van der Waals surface area contributed by atoms with Crippen molar-refractivity contribution in [3.63, 3.8) is 0 Å². The summed E-state index contributed by atoms with van der Waals surface area (Å²) < 4.78 is 30.3. The monoisotopic (exact) mass is 247 g/mol. The second-order valence-corrected chi connectivity index (χ2v) is 4.94. The zero-order valence-electron chi connectivity index (χ0n) is 8.63. The summed E-state index contributed by atoms with van der Waals surface area (Å²) in [5.74, 6) is -3.24. The number of hydrogen-bond donors (Lipinski definition) is 1. The Labute approximate surface area is 95.2 Å². The summed E-state index contributed by atoms with van der Waals surface area (Å²) >= 11 is 1.16. The second-order valence-electron chi connectivity index (χ2n) is 4.02. The van der Waals surface area contributed by atoms with Crippen LogP contribution in [0.2, 0.25) is 0 Å². The van der Waals surface area contributed by atoms with Crippen molar-refractivity contribution in [3.05, 3.63) is 21.9 Å². The molecule has 1 heterocycles. The maximum absolute atomic E-state index is 12.8. The van der Waals surface area contributed by atoms with Gasteiger partial charge in [0.25, 0.3) is 5.92 Å². The lowest BCUT2D eigenvalue weighted by atomic mass is 9.70. The van der Waals surface area contributed by atoms with Crippen molar-refractivity contribution < 1.29 is 18.3 Å². The number of rotatable bonds is 2. The van der Waals surface area contributed by atoms with Gasteiger partial charge in [0.15, 0.2) is 0 Å². The highest BCUT2D eigenvalue weighted by Gasteiger charge is 2.56. The van der Waals surface area contributed by atoms with E-state index in [4.69, 9.17) is 5.73 Å². The first-order valence-corrected chi connectivity index (χ1v) is 5.59. The molecule has 0 unspecified atom stereocenters. The van der Waals surface area contributed by atoms with Crippen LogP contribution in [0.4, 0.5) is 8.78 Å². The fourth-order valence-corrected chi connectivity index (χ4v) is 2.93. The fourth-order valence-electron chi connectivity index (χ4n) is 2.01. The third-order valence-electron chi connectivity index (χ3n) is 2.72. The van der Waals surface area contributed by atoms with E-state index >= 15 is 0 Å². The Hall–Kier alpha value is -1.01. The number of methoxy groups -OCH3 is 1. The Balaban J connectivity index is 2.29. The molecule has 2 rings (SSSR count). The first-order chi connectivity index (χ1) is 7.38. The van der Waals surface area contributed by atoms with Crippen LogP contribution in [0.1, 0.15) is 28.1 Å². The van der Waals surface area contributed by atoms with Gasteiger partial charge in [-0.05, 0) is 17.0 Å². The molecule has 6 heteroatoms. The zero-order valence-corrected chi connectivity index (χ0v) is 9.44. The van der Waals surface area contributed by atoms with Crippen molar-refractivity contribution in [2.24, 2.45) is 5.73 Å². The molecular formula is C10H11F2NO2S. The van der Waals surface area contributed by atoms with Gasteiger partial charge in [-0.15, -0.1) is 11.3 Å². The summed E-state index contributed by atoms with van der Waals surface area (Å²) in [6.45, 7) is 0. The van der Waals surface area contributed by atoms with Crippen LogP contribution in [0, 0.1) is 0 Å². The van der Waals surface area contributed by atoms with Gasteiger partial charge in [-0.25, -0.2) is 13.6 Å². The number of carbonyl (C=O) groups is 1. The molecule has 0 spiro atoms. The van der Waals surface area contributed by atoms with E-state index in [9.17, 15) is 13.6 Å². The molecule has 1 aliphatic carbocycles. The predicted molar refractivity (Wildman–Crippen MR) is 55.7 cm³/mol. The smallest absolute Gasteiger partial charge is 0.348 e. The average molecular weight is 247 g/mol. The molecule has 88 valence electrons. The van der Waals surface area contributed by atoms with Gasteiger partial charge in [0.2, 0.25) is 0 Å². The van der Waals surface area contributed by atoms with E-state index < -0.39 is 30.3 Å². The van der Waals surface area contributed by atoms with Crippen LogP contribution in [0.15, 0.2) is 11.4 Å². The number of hydrogen-bond acceptors (Lipinski definition) is 4. The van der Waals surface area contributed by atoms with Gasteiger partial charge in [0.05, 0.1) is 12.6 Å². The largest absolute Gasteiger partial charge is 0.465 e. The molecule has 1 fully saturated rings. The Bertz CT molecular complexity index is 422. The number of thiophene rings is 1. The first kappa shape index (κ1) is 11.5. The molecule has 2 N–H and O–H groups in total. The average Bonchev–Trinajstić information content (AvgIpc) is 2.62. The predicted octanol–water partition coefficient (Wildman–Crippen LogP) is 2.12. The molecule has 16 heavy (non-hydrogen) atoms. The number of ether oxygens (including phenoxy) is 1. The molecule has 0 radical (unpaired) electrons. The number of alkyl halides is 2. The van der Waals surface area contributed by atoms with Crippen LogP contribution < -0.4 is 5.73 Å². The van der Waals surface area contributed by atoms with Crippen LogP contribution >= 0.6 is 11.3 Å². The first-order valence-electron chi connectivity index (χ1n) is 4.71. The molecule has 0 atom stereocenters. The maximum Gasteiger partial charge on any atom is 0.348 e. The van der Waals surface area contributed by atoms with Crippen molar-refractivity contribution >= 4 is 17.3 Å². The summed E-state index contributed by atoms with van der Waals surface area (Å²) in [6, 6.07) is 1.62. The molecule has 0 amide bonds. The van der Waals surface area contributed by atoms with E-state index in [1.54, 1.807) is 11.4 Å². The van der Waals surface area contributed by atoms with E-state index in [0.717, 1.165) is 11.3 Å². The summed E-state index contributed by atoms with van der Waals surface area (Å²) in [7, 11) is 1.25. The van der Waals surface area contributed by atoms with E-state index in [1.807, 2.05) is 0 Å². The normalized spacial score (nSPS) is 21.2. The highest BCUT2D eigenvalue weighted by molar-refractivity contribution is 7.12. The second kappa shape index (κ2) is 3.49. The van der Waals surface area contributed by atoms with Crippen molar-refractivity contribution in [1.82, 2.24) is 0 Å². The van der Waals surface area contributed by atoms with E-state index in [2.05, 4.69) is 4.74 Å². The van der Waals surface area contributed by atoms with Gasteiger partial charge in [-0.2, -0.15) is 0 Å². The number of carbonyl (C=O) groups excluding carboxylic acids is 1. The van der Waals surface area contributed by atoms with Gasteiger partial charge >= 0.3 is 5.97 Å². The lowest BCUT2D eigenvalue weighted by Crippen LogP contribution is -2.55. The number of halogens is 2. The van der Waals surface area contributed by atoms with E-state index in [0.29, 0.717) is 10.4 Å². The fraction of sp³-hybridized carbons (Fsp3) is 0.500. The van der Waals surface area contributed by atoms with Gasteiger partial charge in [0.1, 0.15) is 4.88 Å². The molecule has 3 nitrogen and oxygen atoms in total. The summed E-state index contributed by atoms with van der Waals surface area (Å²) in [5.41, 5.74) is 5.23. The minimum atomic E-state index is -2.72. The molecule has 0 aliphatic heterocycles. The third kappa shape index (κ3) is 1.72. The van der Waals surface area contributed by atoms with Crippen molar-refractivity contribution in [3.8, 4) is 0 Å². The van der Waals surface area contributed by atoms with Crippen molar-refractivity contribution in [1.29, 1.82) is 0 Å². The van der Waals surface area contributed by atoms with Crippen LogP contribution in [-0.4, -0.2) is 19.0 Å². The van der Waals surface area contributed by atoms with Gasteiger partial charge in [0, 0.05) is 12.8 Å². The van der Waals surface area contributed by atoms with Crippen molar-refractivity contribution in [2.45, 2.75) is 24.3 Å². The summed E-state index contributed by atoms with van der Waals surface area (Å²) in [6.07, 6.45) is -0.832. The molecule has 0 bridgehead atoms. The Morgan fingerprint density at radius 1 is 1.56 bits per heavy atom. The number of esters is 1. The molecule has 1 aromatic heterocycles. The van der Waals surface area contributed by atoms with Crippen LogP contribution in [0.5, 0.6) is 0 Å². The van der Waals surface area contributed by atoms with Crippen LogP contribution in [0.3, 0.4) is 0 Å². The molecule has 1 aromatic rings.